The molecule has 0 atom stereocenters. The van der Waals surface area contributed by atoms with Crippen molar-refractivity contribution in [3.05, 3.63) is 30.0 Å². The first-order valence-corrected chi connectivity index (χ1v) is 5.80. The van der Waals surface area contributed by atoms with E-state index >= 15 is 0 Å². The number of nitrogen functional groups attached to an aromatic ring is 1. The number of nitrogens with zero attached hydrogens (tertiary/aromatic N) is 1. The third kappa shape index (κ3) is 2.40. The Hall–Kier alpha value is -2.17. The van der Waals surface area contributed by atoms with E-state index in [1.54, 1.807) is 11.8 Å². The van der Waals surface area contributed by atoms with Crippen molar-refractivity contribution >= 4 is 22.5 Å². The highest BCUT2D eigenvalue weighted by Crippen LogP contribution is 2.23. The molecule has 1 aromatic carbocycles. The number of anilines is 1. The first-order chi connectivity index (χ1) is 8.61. The van der Waals surface area contributed by atoms with Gasteiger partial charge in [-0.05, 0) is 30.2 Å². The van der Waals surface area contributed by atoms with Crippen LogP contribution < -0.4 is 15.9 Å². The molecule has 0 radical (unpaired) electrons. The van der Waals surface area contributed by atoms with Crippen LogP contribution in [0.2, 0.25) is 0 Å². The summed E-state index contributed by atoms with van der Waals surface area (Å²) in [5, 5.41) is 3.84. The van der Waals surface area contributed by atoms with Crippen LogP contribution in [0.5, 0.6) is 0 Å². The minimum Gasteiger partial charge on any atom is -0.417 e. The summed E-state index contributed by atoms with van der Waals surface area (Å²) in [5.74, 6) is -0.0232. The maximum absolute atomic E-state index is 10.9. The summed E-state index contributed by atoms with van der Waals surface area (Å²) in [7, 11) is 1.62. The third-order valence-electron chi connectivity index (χ3n) is 2.84. The third-order valence-corrected chi connectivity index (χ3v) is 2.84. The van der Waals surface area contributed by atoms with Crippen LogP contribution >= 0.6 is 0 Å². The van der Waals surface area contributed by atoms with Crippen LogP contribution in [0.15, 0.2) is 24.4 Å². The van der Waals surface area contributed by atoms with E-state index in [9.17, 15) is 4.79 Å². The molecule has 0 aliphatic rings. The largest absolute Gasteiger partial charge is 0.417 e. The number of amides is 1. The van der Waals surface area contributed by atoms with Gasteiger partial charge in [0.2, 0.25) is 5.91 Å². The van der Waals surface area contributed by atoms with E-state index < -0.39 is 0 Å². The summed E-state index contributed by atoms with van der Waals surface area (Å²) in [5.41, 5.74) is 8.60. The predicted octanol–water partition coefficient (Wildman–Crippen LogP) is 0.960. The molecule has 1 heterocycles. The molecule has 1 aromatic heterocycles. The Bertz CT molecular complexity index is 575. The summed E-state index contributed by atoms with van der Waals surface area (Å²) < 4.78 is 1.71. The second-order valence-corrected chi connectivity index (χ2v) is 4.17. The molecular weight excluding hydrogens is 230 g/mol. The van der Waals surface area contributed by atoms with E-state index in [1.807, 2.05) is 24.4 Å². The Balaban J connectivity index is 2.31. The van der Waals surface area contributed by atoms with Crippen molar-refractivity contribution in [2.75, 3.05) is 19.4 Å². The molecule has 5 heteroatoms. The fourth-order valence-electron chi connectivity index (χ4n) is 2.01. The van der Waals surface area contributed by atoms with Crippen molar-refractivity contribution in [3.8, 4) is 0 Å². The molecule has 3 N–H and O–H groups in total. The lowest BCUT2D eigenvalue weighted by molar-refractivity contribution is -0.118. The first-order valence-electron chi connectivity index (χ1n) is 5.80. The van der Waals surface area contributed by atoms with Crippen molar-refractivity contribution in [1.82, 2.24) is 10.0 Å². The molecule has 5 nitrogen and oxygen atoms in total. The van der Waals surface area contributed by atoms with Gasteiger partial charge in [-0.1, -0.05) is 0 Å². The number of hydrogen-bond acceptors (Lipinski definition) is 3. The van der Waals surface area contributed by atoms with Gasteiger partial charge in [-0.3, -0.25) is 4.79 Å². The summed E-state index contributed by atoms with van der Waals surface area (Å²) in [6, 6.07) is 5.69. The Morgan fingerprint density at radius 2 is 2.28 bits per heavy atom. The smallest absolute Gasteiger partial charge is 0.216 e. The number of carbonyl (C=O) groups excluding carboxylic acids is 1. The van der Waals surface area contributed by atoms with Crippen LogP contribution in [0, 0.1) is 0 Å². The van der Waals surface area contributed by atoms with Crippen LogP contribution in [0.3, 0.4) is 0 Å². The highest BCUT2D eigenvalue weighted by Gasteiger charge is 2.09. The van der Waals surface area contributed by atoms with Gasteiger partial charge in [0.15, 0.2) is 0 Å². The molecule has 2 aromatic rings. The van der Waals surface area contributed by atoms with Gasteiger partial charge in [-0.2, -0.15) is 4.73 Å². The molecule has 96 valence electrons. The summed E-state index contributed by atoms with van der Waals surface area (Å²) >= 11 is 0. The molecule has 0 saturated heterocycles. The molecular formula is C13H17N3O2. The van der Waals surface area contributed by atoms with Crippen LogP contribution in [0.25, 0.3) is 10.9 Å². The lowest BCUT2D eigenvalue weighted by Gasteiger charge is -2.01. The van der Waals surface area contributed by atoms with Crippen molar-refractivity contribution in [3.63, 3.8) is 0 Å². The molecule has 0 bridgehead atoms. The monoisotopic (exact) mass is 247 g/mol. The topological polar surface area (TPSA) is 69.3 Å². The highest BCUT2D eigenvalue weighted by molar-refractivity contribution is 5.86. The van der Waals surface area contributed by atoms with E-state index in [-0.39, 0.29) is 5.91 Å². The summed E-state index contributed by atoms with van der Waals surface area (Å²) in [6.07, 6.45) is 2.67. The van der Waals surface area contributed by atoms with Gasteiger partial charge < -0.3 is 15.9 Å². The number of nitrogens with two attached hydrogens (primary N) is 1. The standard InChI is InChI=1S/C13H17N3O2/c1-9(17)15-6-5-10-8-16(18-2)13-4-3-11(14)7-12(10)13/h3-4,7-8H,5-6,14H2,1-2H3,(H,15,17). The van der Waals surface area contributed by atoms with Gasteiger partial charge in [0.05, 0.1) is 5.52 Å². The molecule has 0 spiro atoms. The predicted molar refractivity (Wildman–Crippen MR) is 71.2 cm³/mol. The lowest BCUT2D eigenvalue weighted by atomic mass is 10.1. The molecule has 0 saturated carbocycles. The molecule has 0 aliphatic heterocycles. The van der Waals surface area contributed by atoms with E-state index in [2.05, 4.69) is 5.32 Å². The Labute approximate surface area is 105 Å². The number of hydrogen-bond donors (Lipinski definition) is 2. The van der Waals surface area contributed by atoms with E-state index in [1.165, 1.54) is 6.92 Å². The Morgan fingerprint density at radius 1 is 1.50 bits per heavy atom. The molecule has 0 unspecified atom stereocenters. The minimum absolute atomic E-state index is 0.0232. The second kappa shape index (κ2) is 5.00. The van der Waals surface area contributed by atoms with Gasteiger partial charge in [0.1, 0.15) is 7.11 Å². The zero-order valence-corrected chi connectivity index (χ0v) is 10.6. The van der Waals surface area contributed by atoms with Gasteiger partial charge >= 0.3 is 0 Å². The van der Waals surface area contributed by atoms with Crippen LogP contribution in [0.1, 0.15) is 12.5 Å². The molecule has 1 amide bonds. The van der Waals surface area contributed by atoms with E-state index in [0.29, 0.717) is 6.54 Å². The quantitative estimate of drug-likeness (QED) is 0.791. The number of benzene rings is 1. The SMILES string of the molecule is COn1cc(CCNC(C)=O)c2cc(N)ccc21. The van der Waals surface area contributed by atoms with Gasteiger partial charge in [0.25, 0.3) is 0 Å². The van der Waals surface area contributed by atoms with Crippen molar-refractivity contribution in [1.29, 1.82) is 0 Å². The van der Waals surface area contributed by atoms with Gasteiger partial charge in [0, 0.05) is 30.7 Å². The normalized spacial score (nSPS) is 10.6. The lowest BCUT2D eigenvalue weighted by Crippen LogP contribution is -2.22. The zero-order chi connectivity index (χ0) is 13.1. The number of fused-ring (bicyclic) bond motifs is 1. The Kier molecular flexibility index (Phi) is 3.41. The summed E-state index contributed by atoms with van der Waals surface area (Å²) in [6.45, 7) is 2.11. The average Bonchev–Trinajstić information content (AvgIpc) is 2.66. The van der Waals surface area contributed by atoms with Crippen molar-refractivity contribution in [2.24, 2.45) is 0 Å². The van der Waals surface area contributed by atoms with Gasteiger partial charge in [-0.25, -0.2) is 0 Å². The minimum atomic E-state index is -0.0232. The number of aromatic nitrogens is 1. The number of nitrogens with one attached hydrogen (secondary N) is 1. The molecule has 2 rings (SSSR count). The average molecular weight is 247 g/mol. The Morgan fingerprint density at radius 3 is 2.94 bits per heavy atom. The van der Waals surface area contributed by atoms with Crippen molar-refractivity contribution < 1.29 is 9.63 Å². The first kappa shape index (κ1) is 12.3. The van der Waals surface area contributed by atoms with Crippen LogP contribution in [-0.4, -0.2) is 24.3 Å². The summed E-state index contributed by atoms with van der Waals surface area (Å²) in [4.78, 5) is 16.1. The van der Waals surface area contributed by atoms with Gasteiger partial charge in [-0.15, -0.1) is 0 Å². The molecule has 18 heavy (non-hydrogen) atoms. The number of rotatable bonds is 4. The maximum Gasteiger partial charge on any atom is 0.216 e. The maximum atomic E-state index is 10.9. The number of carbonyl (C=O) groups is 1. The fraction of sp³-hybridized carbons (Fsp3) is 0.308. The van der Waals surface area contributed by atoms with Crippen LogP contribution in [0.4, 0.5) is 5.69 Å². The molecule has 0 fully saturated rings. The zero-order valence-electron chi connectivity index (χ0n) is 10.6. The fourth-order valence-corrected chi connectivity index (χ4v) is 2.01. The van der Waals surface area contributed by atoms with Crippen molar-refractivity contribution in [2.45, 2.75) is 13.3 Å². The second-order valence-electron chi connectivity index (χ2n) is 4.17. The van der Waals surface area contributed by atoms with Crippen LogP contribution in [-0.2, 0) is 11.2 Å². The molecule has 0 aliphatic carbocycles. The highest BCUT2D eigenvalue weighted by atomic mass is 16.6. The van der Waals surface area contributed by atoms with E-state index in [4.69, 9.17) is 10.6 Å². The van der Waals surface area contributed by atoms with E-state index in [0.717, 1.165) is 28.6 Å².